The Balaban J connectivity index is 1.60. The third-order valence-electron chi connectivity index (χ3n) is 5.89. The van der Waals surface area contributed by atoms with Gasteiger partial charge in [-0.05, 0) is 36.6 Å². The van der Waals surface area contributed by atoms with Gasteiger partial charge in [-0.2, -0.15) is 8.78 Å². The molecule has 3 rings (SSSR count). The molecule has 0 unspecified atom stereocenters. The summed E-state index contributed by atoms with van der Waals surface area (Å²) in [6, 6.07) is 4.55. The van der Waals surface area contributed by atoms with Crippen molar-refractivity contribution in [3.05, 3.63) is 29.8 Å². The van der Waals surface area contributed by atoms with E-state index in [-0.39, 0.29) is 22.9 Å². The van der Waals surface area contributed by atoms with Gasteiger partial charge in [0.05, 0.1) is 20.3 Å². The maximum atomic E-state index is 12.5. The third kappa shape index (κ3) is 5.92. The van der Waals surface area contributed by atoms with Crippen LogP contribution in [0.3, 0.4) is 0 Å². The van der Waals surface area contributed by atoms with Crippen LogP contribution in [0.15, 0.2) is 24.3 Å². The molecule has 1 aliphatic heterocycles. The number of nitrogens with one attached hydrogen (secondary N) is 1. The van der Waals surface area contributed by atoms with Gasteiger partial charge in [0.25, 0.3) is 0 Å². The van der Waals surface area contributed by atoms with Gasteiger partial charge in [-0.15, -0.1) is 0 Å². The van der Waals surface area contributed by atoms with Crippen LogP contribution in [0.1, 0.15) is 37.7 Å². The number of nitrogens with zero attached hydrogens (tertiary/aromatic N) is 1. The van der Waals surface area contributed by atoms with Crippen molar-refractivity contribution in [2.75, 3.05) is 40.0 Å². The third-order valence-corrected chi connectivity index (χ3v) is 5.89. The second kappa shape index (κ2) is 10.7. The van der Waals surface area contributed by atoms with E-state index in [0.29, 0.717) is 12.1 Å². The molecule has 1 saturated heterocycles. The van der Waals surface area contributed by atoms with E-state index in [9.17, 15) is 13.6 Å². The number of amides is 1. The Morgan fingerprint density at radius 3 is 2.63 bits per heavy atom. The molecule has 1 amide bonds. The molecule has 0 radical (unpaired) electrons. The number of halogens is 2. The van der Waals surface area contributed by atoms with Crippen molar-refractivity contribution in [3.63, 3.8) is 0 Å². The fraction of sp³-hybridized carbons (Fsp3) is 0.591. The Bertz CT molecular complexity index is 730. The van der Waals surface area contributed by atoms with Crippen LogP contribution in [0.25, 0.3) is 6.08 Å². The summed E-state index contributed by atoms with van der Waals surface area (Å²) >= 11 is 0. The van der Waals surface area contributed by atoms with Crippen molar-refractivity contribution in [2.24, 2.45) is 0 Å². The SMILES string of the molecule is COc1cc(/C=C/C(=O)NCC2(N3CCOCC3)CCCCC2)ccc1OC(F)F. The lowest BCUT2D eigenvalue weighted by Gasteiger charge is -2.48. The predicted molar refractivity (Wildman–Crippen MR) is 110 cm³/mol. The highest BCUT2D eigenvalue weighted by atomic mass is 19.3. The first kappa shape index (κ1) is 22.5. The van der Waals surface area contributed by atoms with Gasteiger partial charge < -0.3 is 19.5 Å². The molecular weight excluding hydrogens is 394 g/mol. The van der Waals surface area contributed by atoms with Crippen LogP contribution >= 0.6 is 0 Å². The molecule has 0 atom stereocenters. The summed E-state index contributed by atoms with van der Waals surface area (Å²) in [4.78, 5) is 14.9. The van der Waals surface area contributed by atoms with Gasteiger partial charge >= 0.3 is 6.61 Å². The molecule has 2 fully saturated rings. The van der Waals surface area contributed by atoms with Gasteiger partial charge in [0.2, 0.25) is 5.91 Å². The number of hydrogen-bond donors (Lipinski definition) is 1. The molecule has 1 aromatic rings. The molecule has 8 heteroatoms. The fourth-order valence-corrected chi connectivity index (χ4v) is 4.32. The van der Waals surface area contributed by atoms with E-state index >= 15 is 0 Å². The zero-order valence-corrected chi connectivity index (χ0v) is 17.4. The highest BCUT2D eigenvalue weighted by Gasteiger charge is 2.38. The molecular formula is C22H30F2N2O4. The van der Waals surface area contributed by atoms with E-state index in [1.54, 1.807) is 18.2 Å². The van der Waals surface area contributed by atoms with Gasteiger partial charge in [0, 0.05) is 31.2 Å². The van der Waals surface area contributed by atoms with Crippen LogP contribution in [-0.4, -0.2) is 62.9 Å². The Morgan fingerprint density at radius 1 is 1.23 bits per heavy atom. The molecule has 1 N–H and O–H groups in total. The molecule has 0 spiro atoms. The van der Waals surface area contributed by atoms with Gasteiger partial charge in [-0.3, -0.25) is 9.69 Å². The largest absolute Gasteiger partial charge is 0.493 e. The number of benzene rings is 1. The van der Waals surface area contributed by atoms with Gasteiger partial charge in [0.15, 0.2) is 11.5 Å². The monoisotopic (exact) mass is 424 g/mol. The van der Waals surface area contributed by atoms with Crippen molar-refractivity contribution < 1.29 is 27.8 Å². The molecule has 0 aromatic heterocycles. The average Bonchev–Trinajstić information content (AvgIpc) is 2.78. The molecule has 30 heavy (non-hydrogen) atoms. The summed E-state index contributed by atoms with van der Waals surface area (Å²) in [7, 11) is 1.38. The van der Waals surface area contributed by atoms with Crippen molar-refractivity contribution in [1.82, 2.24) is 10.2 Å². The summed E-state index contributed by atoms with van der Waals surface area (Å²) in [6.07, 6.45) is 8.85. The number of alkyl halides is 2. The lowest BCUT2D eigenvalue weighted by molar-refractivity contribution is -0.117. The average molecular weight is 424 g/mol. The van der Waals surface area contributed by atoms with Crippen LogP contribution in [0.4, 0.5) is 8.78 Å². The van der Waals surface area contributed by atoms with E-state index in [2.05, 4.69) is 15.0 Å². The first-order valence-corrected chi connectivity index (χ1v) is 10.4. The maximum Gasteiger partial charge on any atom is 0.387 e. The smallest absolute Gasteiger partial charge is 0.387 e. The van der Waals surface area contributed by atoms with Crippen LogP contribution in [0.2, 0.25) is 0 Å². The van der Waals surface area contributed by atoms with Crippen LogP contribution < -0.4 is 14.8 Å². The molecule has 0 bridgehead atoms. The summed E-state index contributed by atoms with van der Waals surface area (Å²) in [6.45, 7) is 0.966. The van der Waals surface area contributed by atoms with Crippen molar-refractivity contribution in [1.29, 1.82) is 0 Å². The summed E-state index contributed by atoms with van der Waals surface area (Å²) in [5, 5.41) is 3.06. The summed E-state index contributed by atoms with van der Waals surface area (Å²) in [5.74, 6) is -0.0368. The van der Waals surface area contributed by atoms with E-state index in [1.807, 2.05) is 0 Å². The Morgan fingerprint density at radius 2 is 1.97 bits per heavy atom. The fourth-order valence-electron chi connectivity index (χ4n) is 4.32. The molecule has 166 valence electrons. The number of carbonyl (C=O) groups is 1. The molecule has 1 saturated carbocycles. The molecule has 2 aliphatic rings. The van der Waals surface area contributed by atoms with E-state index in [4.69, 9.17) is 9.47 Å². The minimum absolute atomic E-state index is 0.00299. The number of hydrogen-bond acceptors (Lipinski definition) is 5. The Labute approximate surface area is 176 Å². The lowest BCUT2D eigenvalue weighted by atomic mass is 9.79. The summed E-state index contributed by atoms with van der Waals surface area (Å²) < 4.78 is 39.9. The zero-order chi connectivity index (χ0) is 21.4. The van der Waals surface area contributed by atoms with Crippen LogP contribution in [-0.2, 0) is 9.53 Å². The second-order valence-corrected chi connectivity index (χ2v) is 7.72. The highest BCUT2D eigenvalue weighted by Crippen LogP contribution is 2.34. The second-order valence-electron chi connectivity index (χ2n) is 7.72. The Kier molecular flexibility index (Phi) is 8.04. The number of morpholine rings is 1. The minimum atomic E-state index is -2.93. The molecule has 1 aliphatic carbocycles. The van der Waals surface area contributed by atoms with Crippen LogP contribution in [0, 0.1) is 0 Å². The number of rotatable bonds is 8. The highest BCUT2D eigenvalue weighted by molar-refractivity contribution is 5.91. The standard InChI is InChI=1S/C22H30F2N2O4/c1-28-19-15-17(5-7-18(19)30-21(23)24)6-8-20(27)25-16-22(9-3-2-4-10-22)26-11-13-29-14-12-26/h5-8,15,21H,2-4,9-14,16H2,1H3,(H,25,27)/b8-6+. The predicted octanol–water partition coefficient (Wildman–Crippen LogP) is 3.46. The van der Waals surface area contributed by atoms with Crippen molar-refractivity contribution >= 4 is 12.0 Å². The van der Waals surface area contributed by atoms with Crippen molar-refractivity contribution in [3.8, 4) is 11.5 Å². The number of ether oxygens (including phenoxy) is 3. The number of methoxy groups -OCH3 is 1. The normalized spacial score (nSPS) is 19.7. The first-order valence-electron chi connectivity index (χ1n) is 10.4. The molecule has 1 heterocycles. The lowest BCUT2D eigenvalue weighted by Crippen LogP contribution is -2.59. The summed E-state index contributed by atoms with van der Waals surface area (Å²) in [5.41, 5.74) is 0.660. The Hall–Kier alpha value is -2.19. The van der Waals surface area contributed by atoms with E-state index in [1.165, 1.54) is 38.5 Å². The number of carbonyl (C=O) groups excluding carboxylic acids is 1. The quantitative estimate of drug-likeness (QED) is 0.648. The van der Waals surface area contributed by atoms with E-state index in [0.717, 1.165) is 39.1 Å². The maximum absolute atomic E-state index is 12.5. The van der Waals surface area contributed by atoms with Crippen LogP contribution in [0.5, 0.6) is 11.5 Å². The molecule has 1 aromatic carbocycles. The van der Waals surface area contributed by atoms with Gasteiger partial charge in [0.1, 0.15) is 0 Å². The first-order chi connectivity index (χ1) is 14.5. The molecule has 6 nitrogen and oxygen atoms in total. The minimum Gasteiger partial charge on any atom is -0.493 e. The van der Waals surface area contributed by atoms with Gasteiger partial charge in [-0.25, -0.2) is 0 Å². The zero-order valence-electron chi connectivity index (χ0n) is 17.4. The van der Waals surface area contributed by atoms with Crippen molar-refractivity contribution in [2.45, 2.75) is 44.3 Å². The van der Waals surface area contributed by atoms with E-state index < -0.39 is 6.61 Å². The van der Waals surface area contributed by atoms with Gasteiger partial charge in [-0.1, -0.05) is 25.3 Å². The topological polar surface area (TPSA) is 60.0 Å².